The summed E-state index contributed by atoms with van der Waals surface area (Å²) in [6.07, 6.45) is -3.58. The van der Waals surface area contributed by atoms with Gasteiger partial charge in [0.25, 0.3) is 0 Å². The van der Waals surface area contributed by atoms with Gasteiger partial charge in [-0.1, -0.05) is 6.92 Å². The van der Waals surface area contributed by atoms with Crippen LogP contribution in [0.5, 0.6) is 0 Å². The molecule has 0 aromatic carbocycles. The zero-order valence-electron chi connectivity index (χ0n) is 23.3. The van der Waals surface area contributed by atoms with Crippen molar-refractivity contribution in [2.24, 2.45) is 22.9 Å². The first kappa shape index (κ1) is 33.8. The minimum absolute atomic E-state index is 0.0752. The fourth-order valence-electron chi connectivity index (χ4n) is 4.47. The summed E-state index contributed by atoms with van der Waals surface area (Å²) < 4.78 is 23.7. The highest BCUT2D eigenvalue weighted by Gasteiger charge is 2.48. The summed E-state index contributed by atoms with van der Waals surface area (Å²) in [5.74, 6) is 0.299. The summed E-state index contributed by atoms with van der Waals surface area (Å²) in [7, 11) is 0. The van der Waals surface area contributed by atoms with Crippen molar-refractivity contribution in [3.8, 4) is 0 Å². The summed E-state index contributed by atoms with van der Waals surface area (Å²) in [6.45, 7) is 6.30. The molecule has 2 aliphatic rings. The lowest BCUT2D eigenvalue weighted by Crippen LogP contribution is -2.66. The number of rotatable bonds is 16. The number of ether oxygens (including phenoxy) is 4. The zero-order chi connectivity index (χ0) is 29.2. The first-order valence-electron chi connectivity index (χ1n) is 13.7. The van der Waals surface area contributed by atoms with E-state index in [-0.39, 0.29) is 44.9 Å². The quantitative estimate of drug-likeness (QED) is 0.0857. The molecule has 1 fully saturated rings. The fourth-order valence-corrected chi connectivity index (χ4v) is 4.47. The van der Waals surface area contributed by atoms with E-state index >= 15 is 0 Å². The molecule has 0 unspecified atom stereocenters. The third-order valence-corrected chi connectivity index (χ3v) is 6.54. The molecule has 2 rings (SSSR count). The molecule has 1 amide bonds. The van der Waals surface area contributed by atoms with Crippen LogP contribution in [0, 0.1) is 0 Å². The largest absolute Gasteiger partial charge is 0.467 e. The fraction of sp³-hybridized carbons (Fsp3) is 0.880. The molecule has 14 heteroatoms. The predicted octanol–water partition coefficient (Wildman–Crippen LogP) is -2.93. The van der Waals surface area contributed by atoms with Gasteiger partial charge in [-0.2, -0.15) is 0 Å². The smallest absolute Gasteiger partial charge is 0.221 e. The molecule has 39 heavy (non-hydrogen) atoms. The molecule has 0 radical (unpaired) electrons. The van der Waals surface area contributed by atoms with E-state index in [9.17, 15) is 20.1 Å². The molecule has 0 saturated heterocycles. The van der Waals surface area contributed by atoms with E-state index < -0.39 is 60.7 Å². The van der Waals surface area contributed by atoms with Gasteiger partial charge in [-0.3, -0.25) is 4.79 Å². The number of carbonyl (C=O) groups excluding carboxylic acids is 1. The van der Waals surface area contributed by atoms with Crippen molar-refractivity contribution < 1.29 is 39.1 Å². The predicted molar refractivity (Wildman–Crippen MR) is 144 cm³/mol. The van der Waals surface area contributed by atoms with Gasteiger partial charge in [0.15, 0.2) is 6.29 Å². The molecule has 0 aromatic rings. The summed E-state index contributed by atoms with van der Waals surface area (Å²) in [6, 6.07) is -1.95. The van der Waals surface area contributed by atoms with Crippen molar-refractivity contribution >= 4 is 5.91 Å². The first-order chi connectivity index (χ1) is 18.4. The first-order valence-corrected chi connectivity index (χ1v) is 13.7. The van der Waals surface area contributed by atoms with Gasteiger partial charge in [-0.05, 0) is 39.2 Å². The van der Waals surface area contributed by atoms with Crippen molar-refractivity contribution in [3.05, 3.63) is 11.8 Å². The minimum Gasteiger partial charge on any atom is -0.467 e. The van der Waals surface area contributed by atoms with E-state index in [2.05, 4.69) is 10.6 Å². The number of amides is 1. The van der Waals surface area contributed by atoms with Crippen LogP contribution in [-0.4, -0.2) is 115 Å². The van der Waals surface area contributed by atoms with Crippen LogP contribution in [0.25, 0.3) is 0 Å². The highest BCUT2D eigenvalue weighted by molar-refractivity contribution is 5.76. The van der Waals surface area contributed by atoms with Crippen LogP contribution in [0.1, 0.15) is 46.5 Å². The van der Waals surface area contributed by atoms with Gasteiger partial charge < -0.3 is 67.8 Å². The highest BCUT2D eigenvalue weighted by Crippen LogP contribution is 2.29. The molecule has 1 aliphatic heterocycles. The van der Waals surface area contributed by atoms with Gasteiger partial charge in [-0.25, -0.2) is 0 Å². The standard InChI is InChI=1S/C25H50N6O8/c1-4-18(33)24(36-10-9-32)39-22-17(31-19(34)7-8-26)11-16(28)21(20(22)35)38-23-15(27)6-5-14(37-23)12-30-13-25(2,3)29/h5,15-18,20-24,30,32-33,35H,4,6-13,26-29H2,1-3H3,(H,31,34)/t15-,16+,17-,18-,20+,21-,22+,23-,24-/m1/s1. The molecule has 0 aromatic heterocycles. The Labute approximate surface area is 230 Å². The zero-order valence-corrected chi connectivity index (χ0v) is 23.3. The Morgan fingerprint density at radius 1 is 1.28 bits per heavy atom. The Balaban J connectivity index is 2.18. The summed E-state index contributed by atoms with van der Waals surface area (Å²) >= 11 is 0. The number of aliphatic hydroxyl groups is 3. The van der Waals surface area contributed by atoms with Crippen LogP contribution in [-0.2, 0) is 23.7 Å². The lowest BCUT2D eigenvalue weighted by atomic mass is 9.83. The lowest BCUT2D eigenvalue weighted by molar-refractivity contribution is -0.270. The van der Waals surface area contributed by atoms with Crippen molar-refractivity contribution in [1.29, 1.82) is 0 Å². The molecule has 1 aliphatic carbocycles. The second-order valence-corrected chi connectivity index (χ2v) is 10.9. The second kappa shape index (κ2) is 16.1. The Hall–Kier alpha value is -1.43. The topological polar surface area (TPSA) is 243 Å². The maximum absolute atomic E-state index is 12.4. The second-order valence-electron chi connectivity index (χ2n) is 10.9. The maximum Gasteiger partial charge on any atom is 0.221 e. The van der Waals surface area contributed by atoms with Crippen LogP contribution >= 0.6 is 0 Å². The van der Waals surface area contributed by atoms with Crippen molar-refractivity contribution in [3.63, 3.8) is 0 Å². The molecule has 0 bridgehead atoms. The SMILES string of the molecule is CC[C@@H](O)[C@H](OCCO)O[C@@H]1[C@@H](O)[C@H](O[C@H]2OC(CNCC(C)(C)N)=CC[C@H]2N)[C@@H](N)C[C@H]1NC(=O)CCN. The average Bonchev–Trinajstić information content (AvgIpc) is 2.86. The van der Waals surface area contributed by atoms with Gasteiger partial charge in [0.05, 0.1) is 31.8 Å². The molecule has 0 spiro atoms. The van der Waals surface area contributed by atoms with Crippen LogP contribution in [0.4, 0.5) is 0 Å². The normalized spacial score (nSPS) is 31.2. The highest BCUT2D eigenvalue weighted by atomic mass is 16.7. The Kier molecular flexibility index (Phi) is 14.0. The number of nitrogens with one attached hydrogen (secondary N) is 2. The number of aliphatic hydroxyl groups excluding tert-OH is 3. The van der Waals surface area contributed by atoms with E-state index in [4.69, 9.17) is 41.9 Å². The third kappa shape index (κ3) is 10.8. The van der Waals surface area contributed by atoms with Gasteiger partial charge in [-0.15, -0.1) is 0 Å². The number of hydrogen-bond acceptors (Lipinski definition) is 13. The maximum atomic E-state index is 12.4. The monoisotopic (exact) mass is 562 g/mol. The van der Waals surface area contributed by atoms with Gasteiger partial charge >= 0.3 is 0 Å². The van der Waals surface area contributed by atoms with E-state index in [1.807, 2.05) is 19.9 Å². The number of carbonyl (C=O) groups is 1. The molecule has 228 valence electrons. The third-order valence-electron chi connectivity index (χ3n) is 6.54. The number of hydrogen-bond donors (Lipinski definition) is 9. The van der Waals surface area contributed by atoms with Crippen molar-refractivity contribution in [1.82, 2.24) is 10.6 Å². The summed E-state index contributed by atoms with van der Waals surface area (Å²) in [4.78, 5) is 12.4. The van der Waals surface area contributed by atoms with E-state index in [0.29, 0.717) is 25.3 Å². The van der Waals surface area contributed by atoms with Gasteiger partial charge in [0.2, 0.25) is 12.2 Å². The Bertz CT molecular complexity index is 769. The van der Waals surface area contributed by atoms with Crippen LogP contribution in [0.15, 0.2) is 11.8 Å². The van der Waals surface area contributed by atoms with E-state index in [1.165, 1.54) is 0 Å². The molecular formula is C25H50N6O8. The molecule has 13 N–H and O–H groups in total. The average molecular weight is 563 g/mol. The minimum atomic E-state index is -1.34. The molecular weight excluding hydrogens is 512 g/mol. The van der Waals surface area contributed by atoms with Crippen LogP contribution < -0.4 is 33.6 Å². The lowest BCUT2D eigenvalue weighted by Gasteiger charge is -2.46. The van der Waals surface area contributed by atoms with E-state index in [0.717, 1.165) is 0 Å². The summed E-state index contributed by atoms with van der Waals surface area (Å²) in [5.41, 5.74) is 23.8. The molecule has 14 nitrogen and oxygen atoms in total. The van der Waals surface area contributed by atoms with E-state index in [1.54, 1.807) is 6.92 Å². The molecule has 9 atom stereocenters. The Morgan fingerprint density at radius 2 is 2.00 bits per heavy atom. The van der Waals surface area contributed by atoms with Crippen LogP contribution in [0.3, 0.4) is 0 Å². The Morgan fingerprint density at radius 3 is 2.62 bits per heavy atom. The van der Waals surface area contributed by atoms with Crippen molar-refractivity contribution in [2.75, 3.05) is 32.8 Å². The molecule has 1 saturated carbocycles. The van der Waals surface area contributed by atoms with Gasteiger partial charge in [0.1, 0.15) is 30.2 Å². The van der Waals surface area contributed by atoms with Crippen LogP contribution in [0.2, 0.25) is 0 Å². The van der Waals surface area contributed by atoms with Gasteiger partial charge in [0, 0.05) is 31.1 Å². The number of nitrogens with two attached hydrogens (primary N) is 4. The van der Waals surface area contributed by atoms with Crippen molar-refractivity contribution in [2.45, 2.75) is 107 Å². The summed E-state index contributed by atoms with van der Waals surface area (Å²) in [5, 5.41) is 37.1. The molecule has 1 heterocycles.